The Labute approximate surface area is 177 Å². The maximum absolute atomic E-state index is 11.9. The van der Waals surface area contributed by atoms with Crippen molar-refractivity contribution in [2.75, 3.05) is 0 Å². The van der Waals surface area contributed by atoms with Crippen molar-refractivity contribution in [3.63, 3.8) is 0 Å². The lowest BCUT2D eigenvalue weighted by molar-refractivity contribution is -0.122. The van der Waals surface area contributed by atoms with Gasteiger partial charge in [-0.2, -0.15) is 0 Å². The number of hydrogen-bond acceptors (Lipinski definition) is 3. The van der Waals surface area contributed by atoms with Crippen molar-refractivity contribution in [3.8, 4) is 0 Å². The van der Waals surface area contributed by atoms with Crippen molar-refractivity contribution < 1.29 is 15.0 Å². The molecule has 1 fully saturated rings. The van der Waals surface area contributed by atoms with Crippen molar-refractivity contribution in [2.24, 2.45) is 17.8 Å². The van der Waals surface area contributed by atoms with Gasteiger partial charge in [-0.15, -0.1) is 0 Å². The lowest BCUT2D eigenvalue weighted by Gasteiger charge is -2.20. The summed E-state index contributed by atoms with van der Waals surface area (Å²) >= 11 is 0. The van der Waals surface area contributed by atoms with Crippen LogP contribution in [0, 0.1) is 17.8 Å². The summed E-state index contributed by atoms with van der Waals surface area (Å²) in [5.41, 5.74) is 1.33. The van der Waals surface area contributed by atoms with Crippen LogP contribution in [0.3, 0.4) is 0 Å². The Morgan fingerprint density at radius 3 is 2.72 bits per heavy atom. The average molecular weight is 406 g/mol. The third-order valence-electron chi connectivity index (χ3n) is 6.28. The largest absolute Gasteiger partial charge is 0.392 e. The van der Waals surface area contributed by atoms with E-state index in [-0.39, 0.29) is 29.6 Å². The molecule has 166 valence electrons. The van der Waals surface area contributed by atoms with Gasteiger partial charge in [0, 0.05) is 17.9 Å². The molecule has 0 radical (unpaired) electrons. The maximum atomic E-state index is 11.9. The highest BCUT2D eigenvalue weighted by Gasteiger charge is 2.43. The second-order valence-corrected chi connectivity index (χ2v) is 10.2. The highest BCUT2D eigenvalue weighted by Crippen LogP contribution is 2.48. The molecule has 3 N–H and O–H groups in total. The highest BCUT2D eigenvalue weighted by molar-refractivity contribution is 5.76. The molecule has 2 rings (SSSR count). The summed E-state index contributed by atoms with van der Waals surface area (Å²) in [5.74, 6) is 1.24. The number of carbonyl (C=O) groups excluding carboxylic acids is 1. The lowest BCUT2D eigenvalue weighted by atomic mass is 9.88. The van der Waals surface area contributed by atoms with Crippen LogP contribution in [0.25, 0.3) is 0 Å². The van der Waals surface area contributed by atoms with E-state index in [0.29, 0.717) is 18.3 Å². The molecule has 0 heterocycles. The molecule has 1 amide bonds. The van der Waals surface area contributed by atoms with Gasteiger partial charge in [-0.05, 0) is 71.1 Å². The number of aliphatic hydroxyl groups is 2. The predicted molar refractivity (Wildman–Crippen MR) is 119 cm³/mol. The first-order valence-corrected chi connectivity index (χ1v) is 11.7. The van der Waals surface area contributed by atoms with Crippen LogP contribution in [0.2, 0.25) is 0 Å². The number of nitrogens with one attached hydrogen (secondary N) is 1. The van der Waals surface area contributed by atoms with Gasteiger partial charge in [-0.25, -0.2) is 0 Å². The Balaban J connectivity index is 1.73. The molecule has 29 heavy (non-hydrogen) atoms. The van der Waals surface area contributed by atoms with Gasteiger partial charge in [-0.1, -0.05) is 50.0 Å². The molecular formula is C25H43NO3. The quantitative estimate of drug-likeness (QED) is 0.338. The third kappa shape index (κ3) is 8.25. The van der Waals surface area contributed by atoms with Crippen LogP contribution in [0.15, 0.2) is 23.8 Å². The molecular weight excluding hydrogens is 362 g/mol. The van der Waals surface area contributed by atoms with E-state index in [2.05, 4.69) is 24.4 Å². The van der Waals surface area contributed by atoms with Crippen molar-refractivity contribution in [1.82, 2.24) is 5.32 Å². The number of fused-ring (bicyclic) bond motifs is 1. The smallest absolute Gasteiger partial charge is 0.220 e. The number of aliphatic hydroxyl groups excluding tert-OH is 2. The SMILES string of the molecule is CCCCC[C@H](O)C=C[C@@H]1[C@H]2CC(CCCCC(=O)NC(C)(C)C)=C[C@H]2C[C@H]1O. The predicted octanol–water partition coefficient (Wildman–Crippen LogP) is 4.90. The van der Waals surface area contributed by atoms with E-state index in [1.807, 2.05) is 26.8 Å². The van der Waals surface area contributed by atoms with Gasteiger partial charge in [0.1, 0.15) is 0 Å². The number of hydrogen-bond donors (Lipinski definition) is 3. The molecule has 0 aromatic heterocycles. The standard InChI is InChI=1S/C25H43NO3/c1-5-6-7-11-20(27)13-14-21-22-16-18(15-19(22)17-23(21)28)10-8-9-12-24(29)26-25(2,3)4/h13-15,19-23,27-28H,5-12,16-17H2,1-4H3,(H,26,29)/t19-,20-,21+,22-,23+/m0/s1. The van der Waals surface area contributed by atoms with Crippen LogP contribution >= 0.6 is 0 Å². The first-order valence-electron chi connectivity index (χ1n) is 11.7. The fourth-order valence-electron chi connectivity index (χ4n) is 4.87. The lowest BCUT2D eigenvalue weighted by Crippen LogP contribution is -2.40. The van der Waals surface area contributed by atoms with Crippen molar-refractivity contribution >= 4 is 5.91 Å². The zero-order valence-corrected chi connectivity index (χ0v) is 19.0. The summed E-state index contributed by atoms with van der Waals surface area (Å²) in [4.78, 5) is 11.9. The van der Waals surface area contributed by atoms with Crippen LogP contribution in [-0.2, 0) is 4.79 Å². The first-order chi connectivity index (χ1) is 13.7. The summed E-state index contributed by atoms with van der Waals surface area (Å²) in [5, 5.41) is 23.6. The monoisotopic (exact) mass is 405 g/mol. The highest BCUT2D eigenvalue weighted by atomic mass is 16.3. The number of allylic oxidation sites excluding steroid dienone is 2. The molecule has 0 bridgehead atoms. The molecule has 0 unspecified atom stereocenters. The normalized spacial score (nSPS) is 27.9. The molecule has 2 aliphatic rings. The minimum Gasteiger partial charge on any atom is -0.392 e. The zero-order valence-electron chi connectivity index (χ0n) is 19.0. The molecule has 0 aromatic rings. The number of unbranched alkanes of at least 4 members (excludes halogenated alkanes) is 3. The first kappa shape index (κ1) is 24.1. The second kappa shape index (κ2) is 11.3. The molecule has 0 aromatic carbocycles. The Hall–Kier alpha value is -1.13. The van der Waals surface area contributed by atoms with Crippen LogP contribution in [-0.4, -0.2) is 33.9 Å². The molecule has 0 aliphatic heterocycles. The number of rotatable bonds is 11. The van der Waals surface area contributed by atoms with Crippen LogP contribution in [0.5, 0.6) is 0 Å². The maximum Gasteiger partial charge on any atom is 0.220 e. The van der Waals surface area contributed by atoms with Crippen molar-refractivity contribution in [1.29, 1.82) is 0 Å². The average Bonchev–Trinajstić information content (AvgIpc) is 3.12. The van der Waals surface area contributed by atoms with E-state index < -0.39 is 0 Å². The van der Waals surface area contributed by atoms with Gasteiger partial charge in [0.2, 0.25) is 5.91 Å². The van der Waals surface area contributed by atoms with E-state index in [9.17, 15) is 15.0 Å². The Morgan fingerprint density at radius 2 is 2.03 bits per heavy atom. The summed E-state index contributed by atoms with van der Waals surface area (Å²) in [6.07, 6.45) is 15.4. The van der Waals surface area contributed by atoms with Crippen molar-refractivity contribution in [2.45, 2.75) is 110 Å². The van der Waals surface area contributed by atoms with Crippen LogP contribution in [0.4, 0.5) is 0 Å². The minimum atomic E-state index is -0.388. The molecule has 0 spiro atoms. The minimum absolute atomic E-state index is 0.139. The Kier molecular flexibility index (Phi) is 9.42. The van der Waals surface area contributed by atoms with E-state index in [0.717, 1.165) is 57.8 Å². The van der Waals surface area contributed by atoms with E-state index >= 15 is 0 Å². The molecule has 5 atom stereocenters. The van der Waals surface area contributed by atoms with E-state index in [1.54, 1.807) is 0 Å². The van der Waals surface area contributed by atoms with Gasteiger partial charge in [0.05, 0.1) is 12.2 Å². The summed E-state index contributed by atoms with van der Waals surface area (Å²) in [6.45, 7) is 8.20. The van der Waals surface area contributed by atoms with E-state index in [1.165, 1.54) is 5.57 Å². The van der Waals surface area contributed by atoms with Crippen LogP contribution in [0.1, 0.15) is 91.9 Å². The van der Waals surface area contributed by atoms with Gasteiger partial charge in [0.15, 0.2) is 0 Å². The van der Waals surface area contributed by atoms with Gasteiger partial charge < -0.3 is 15.5 Å². The molecule has 0 saturated heterocycles. The summed E-state index contributed by atoms with van der Waals surface area (Å²) in [7, 11) is 0. The molecule has 4 nitrogen and oxygen atoms in total. The summed E-state index contributed by atoms with van der Waals surface area (Å²) < 4.78 is 0. The van der Waals surface area contributed by atoms with Crippen molar-refractivity contribution in [3.05, 3.63) is 23.8 Å². The van der Waals surface area contributed by atoms with Gasteiger partial charge >= 0.3 is 0 Å². The summed E-state index contributed by atoms with van der Waals surface area (Å²) in [6, 6.07) is 0. The van der Waals surface area contributed by atoms with Gasteiger partial charge in [0.25, 0.3) is 0 Å². The zero-order chi connectivity index (χ0) is 21.4. The Bertz CT molecular complexity index is 575. The third-order valence-corrected chi connectivity index (χ3v) is 6.28. The fourth-order valence-corrected chi connectivity index (χ4v) is 4.87. The number of carbonyl (C=O) groups is 1. The fraction of sp³-hybridized carbons (Fsp3) is 0.800. The Morgan fingerprint density at radius 1 is 1.28 bits per heavy atom. The van der Waals surface area contributed by atoms with E-state index in [4.69, 9.17) is 0 Å². The molecule has 2 aliphatic carbocycles. The molecule has 1 saturated carbocycles. The van der Waals surface area contributed by atoms with Crippen LogP contribution < -0.4 is 5.32 Å². The number of amides is 1. The molecule has 4 heteroatoms. The van der Waals surface area contributed by atoms with Gasteiger partial charge in [-0.3, -0.25) is 4.79 Å². The second-order valence-electron chi connectivity index (χ2n) is 10.2. The topological polar surface area (TPSA) is 69.6 Å².